The summed E-state index contributed by atoms with van der Waals surface area (Å²) in [6, 6.07) is 41.9. The van der Waals surface area contributed by atoms with Crippen molar-refractivity contribution in [3.05, 3.63) is 143 Å². The molecule has 0 spiro atoms. The molecule has 0 radical (unpaired) electrons. The molecule has 0 fully saturated rings. The topological polar surface area (TPSA) is 0 Å². The van der Waals surface area contributed by atoms with E-state index in [0.29, 0.717) is 0 Å². The summed E-state index contributed by atoms with van der Waals surface area (Å²) in [6.07, 6.45) is 0. The minimum Gasteiger partial charge on any atom is -0.135 e. The third-order valence-electron chi connectivity index (χ3n) is 10.0. The van der Waals surface area contributed by atoms with Gasteiger partial charge in [0.05, 0.1) is 0 Å². The number of hydrogen-bond acceptors (Lipinski definition) is 3. The van der Waals surface area contributed by atoms with Crippen LogP contribution in [0.1, 0.15) is 33.4 Å². The van der Waals surface area contributed by atoms with Crippen LogP contribution >= 0.6 is 34.0 Å². The summed E-state index contributed by atoms with van der Waals surface area (Å²) in [7, 11) is 0. The highest BCUT2D eigenvalue weighted by atomic mass is 32.1. The largest absolute Gasteiger partial charge is 0.135 e. The van der Waals surface area contributed by atoms with Crippen molar-refractivity contribution in [3.8, 4) is 43.1 Å². The van der Waals surface area contributed by atoms with Crippen LogP contribution in [0.3, 0.4) is 0 Å². The van der Waals surface area contributed by atoms with E-state index in [1.54, 1.807) is 0 Å². The van der Waals surface area contributed by atoms with Gasteiger partial charge in [0, 0.05) is 39.3 Å². The summed E-state index contributed by atoms with van der Waals surface area (Å²) in [5.74, 6) is 0. The quantitative estimate of drug-likeness (QED) is 0.173. The van der Waals surface area contributed by atoms with E-state index in [9.17, 15) is 0 Å². The van der Waals surface area contributed by atoms with Gasteiger partial charge in [-0.05, 0) is 144 Å². The van der Waals surface area contributed by atoms with Gasteiger partial charge < -0.3 is 0 Å². The molecule has 9 rings (SSSR count). The molecule has 0 aliphatic carbocycles. The molecule has 49 heavy (non-hydrogen) atoms. The second-order valence-corrected chi connectivity index (χ2v) is 17.0. The molecule has 9 aromatic rings. The van der Waals surface area contributed by atoms with Crippen molar-refractivity contribution < 1.29 is 0 Å². The zero-order chi connectivity index (χ0) is 33.6. The van der Waals surface area contributed by atoms with Crippen LogP contribution in [0.25, 0.3) is 83.5 Å². The Labute approximate surface area is 299 Å². The Morgan fingerprint density at radius 3 is 1.04 bits per heavy atom. The van der Waals surface area contributed by atoms with Gasteiger partial charge in [-0.2, -0.15) is 0 Å². The fraction of sp³-hybridized carbons (Fsp3) is 0.130. The molecule has 0 aliphatic heterocycles. The van der Waals surface area contributed by atoms with Crippen molar-refractivity contribution in [1.82, 2.24) is 0 Å². The third kappa shape index (κ3) is 5.23. The van der Waals surface area contributed by atoms with E-state index < -0.39 is 0 Å². The maximum atomic E-state index is 2.42. The van der Waals surface area contributed by atoms with Crippen LogP contribution in [0.15, 0.2) is 109 Å². The minimum absolute atomic E-state index is 1.28. The molecule has 0 atom stereocenters. The number of rotatable bonds is 4. The Bertz CT molecular complexity index is 2510. The summed E-state index contributed by atoms with van der Waals surface area (Å²) in [4.78, 5) is 2.65. The first-order valence-electron chi connectivity index (χ1n) is 16.9. The predicted octanol–water partition coefficient (Wildman–Crippen LogP) is 15.0. The molecule has 3 heteroatoms. The van der Waals surface area contributed by atoms with Crippen LogP contribution in [0, 0.1) is 41.5 Å². The lowest BCUT2D eigenvalue weighted by Crippen LogP contribution is -1.90. The fourth-order valence-corrected chi connectivity index (χ4v) is 11.5. The monoisotopic (exact) mass is 684 g/mol. The second kappa shape index (κ2) is 11.5. The number of aryl methyl sites for hydroxylation is 6. The van der Waals surface area contributed by atoms with Crippen molar-refractivity contribution in [2.45, 2.75) is 41.5 Å². The van der Waals surface area contributed by atoms with Crippen LogP contribution < -0.4 is 0 Å². The van der Waals surface area contributed by atoms with Crippen LogP contribution in [0.2, 0.25) is 0 Å². The molecule has 0 saturated carbocycles. The van der Waals surface area contributed by atoms with E-state index in [-0.39, 0.29) is 0 Å². The first kappa shape index (κ1) is 30.5. The maximum absolute atomic E-state index is 2.42. The number of benzene rings is 6. The summed E-state index contributed by atoms with van der Waals surface area (Å²) >= 11 is 5.72. The lowest BCUT2D eigenvalue weighted by molar-refractivity contribution is 1.32. The fourth-order valence-electron chi connectivity index (χ4n) is 8.00. The van der Waals surface area contributed by atoms with Crippen LogP contribution in [-0.2, 0) is 0 Å². The van der Waals surface area contributed by atoms with E-state index in [4.69, 9.17) is 0 Å². The van der Waals surface area contributed by atoms with Gasteiger partial charge in [0.15, 0.2) is 0 Å². The normalized spacial score (nSPS) is 11.9. The summed E-state index contributed by atoms with van der Waals surface area (Å²) in [5, 5.41) is 5.37. The molecule has 0 bridgehead atoms. The van der Waals surface area contributed by atoms with Gasteiger partial charge in [-0.25, -0.2) is 0 Å². The van der Waals surface area contributed by atoms with E-state index in [1.165, 1.54) is 117 Å². The Morgan fingerprint density at radius 2 is 0.673 bits per heavy atom. The molecule has 0 amide bonds. The average molecular weight is 685 g/mol. The molecular formula is C46H36S3. The SMILES string of the molecule is Cc1cc(C)c(-c2ccc(-c3cc4cc5c(cc4s3)sc3cc4sc(-c6ccc(-c7c(C)cc(C)cc7C)cc6)cc4cc35)cc2)c(C)c1. The predicted molar refractivity (Wildman–Crippen MR) is 220 cm³/mol. The minimum atomic E-state index is 1.28. The third-order valence-corrected chi connectivity index (χ3v) is 13.4. The van der Waals surface area contributed by atoms with Gasteiger partial charge in [-0.1, -0.05) is 83.9 Å². The Hall–Kier alpha value is -4.54. The molecular weight excluding hydrogens is 649 g/mol. The van der Waals surface area contributed by atoms with Crippen molar-refractivity contribution >= 4 is 74.4 Å². The summed E-state index contributed by atoms with van der Waals surface area (Å²) in [5.41, 5.74) is 15.9. The van der Waals surface area contributed by atoms with Crippen molar-refractivity contribution in [1.29, 1.82) is 0 Å². The molecule has 0 nitrogen and oxygen atoms in total. The summed E-state index contributed by atoms with van der Waals surface area (Å²) in [6.45, 7) is 13.2. The van der Waals surface area contributed by atoms with E-state index in [1.807, 2.05) is 34.0 Å². The highest BCUT2D eigenvalue weighted by Crippen LogP contribution is 2.44. The zero-order valence-electron chi connectivity index (χ0n) is 28.6. The van der Waals surface area contributed by atoms with Crippen molar-refractivity contribution in [2.24, 2.45) is 0 Å². The van der Waals surface area contributed by atoms with E-state index in [0.717, 1.165) is 0 Å². The van der Waals surface area contributed by atoms with Gasteiger partial charge in [0.2, 0.25) is 0 Å². The van der Waals surface area contributed by atoms with Crippen LogP contribution in [-0.4, -0.2) is 0 Å². The standard InChI is InChI=1S/C46H36S3/c1-25-15-27(3)45(28(4)16-25)33-11-7-31(8-12-33)39-21-35-19-37-38-20-36-22-40(48-42(36)24-44(38)49-43(37)23-41(35)47-39)32-9-13-34(14-10-32)46-29(5)17-26(2)18-30(46)6/h7-24H,1-6H3. The maximum Gasteiger partial charge on any atom is 0.0369 e. The van der Waals surface area contributed by atoms with E-state index in [2.05, 4.69) is 151 Å². The molecule has 0 N–H and O–H groups in total. The Kier molecular flexibility index (Phi) is 7.18. The lowest BCUT2D eigenvalue weighted by Gasteiger charge is -2.12. The highest BCUT2D eigenvalue weighted by Gasteiger charge is 2.15. The van der Waals surface area contributed by atoms with Crippen molar-refractivity contribution in [2.75, 3.05) is 0 Å². The average Bonchev–Trinajstić information content (AvgIpc) is 3.76. The first-order valence-corrected chi connectivity index (χ1v) is 19.3. The smallest absolute Gasteiger partial charge is 0.0369 e. The Balaban J connectivity index is 1.04. The highest BCUT2D eigenvalue weighted by molar-refractivity contribution is 7.27. The molecule has 6 aromatic carbocycles. The van der Waals surface area contributed by atoms with Crippen LogP contribution in [0.4, 0.5) is 0 Å². The van der Waals surface area contributed by atoms with Gasteiger partial charge in [0.25, 0.3) is 0 Å². The van der Waals surface area contributed by atoms with Crippen molar-refractivity contribution in [3.63, 3.8) is 0 Å². The van der Waals surface area contributed by atoms with E-state index >= 15 is 0 Å². The number of hydrogen-bond donors (Lipinski definition) is 0. The molecule has 0 aliphatic rings. The molecule has 3 aromatic heterocycles. The van der Waals surface area contributed by atoms with Crippen LogP contribution in [0.5, 0.6) is 0 Å². The zero-order valence-corrected chi connectivity index (χ0v) is 31.1. The molecule has 0 saturated heterocycles. The van der Waals surface area contributed by atoms with Gasteiger partial charge in [-0.3, -0.25) is 0 Å². The van der Waals surface area contributed by atoms with Gasteiger partial charge >= 0.3 is 0 Å². The lowest BCUT2D eigenvalue weighted by atomic mass is 9.93. The number of thiophene rings is 3. The second-order valence-electron chi connectivity index (χ2n) is 13.8. The summed E-state index contributed by atoms with van der Waals surface area (Å²) < 4.78 is 5.44. The van der Waals surface area contributed by atoms with Gasteiger partial charge in [0.1, 0.15) is 0 Å². The molecule has 3 heterocycles. The Morgan fingerprint density at radius 1 is 0.327 bits per heavy atom. The first-order chi connectivity index (χ1) is 23.7. The number of fused-ring (bicyclic) bond motifs is 5. The van der Waals surface area contributed by atoms with Gasteiger partial charge in [-0.15, -0.1) is 34.0 Å². The molecule has 0 unspecified atom stereocenters. The molecule has 238 valence electrons.